The van der Waals surface area contributed by atoms with Crippen LogP contribution < -0.4 is 10.2 Å². The van der Waals surface area contributed by atoms with E-state index in [0.717, 1.165) is 35.4 Å². The van der Waals surface area contributed by atoms with Gasteiger partial charge in [0.25, 0.3) is 5.91 Å². The van der Waals surface area contributed by atoms with Crippen molar-refractivity contribution in [2.24, 2.45) is 0 Å². The van der Waals surface area contributed by atoms with E-state index in [1.165, 1.54) is 10.4 Å². The highest BCUT2D eigenvalue weighted by Gasteiger charge is 2.34. The fourth-order valence-electron chi connectivity index (χ4n) is 4.27. The lowest BCUT2D eigenvalue weighted by molar-refractivity contribution is 0.102. The van der Waals surface area contributed by atoms with E-state index in [2.05, 4.69) is 10.2 Å². The average molecular weight is 496 g/mol. The van der Waals surface area contributed by atoms with Crippen molar-refractivity contribution in [1.29, 1.82) is 0 Å². The van der Waals surface area contributed by atoms with E-state index in [4.69, 9.17) is 0 Å². The molecule has 0 aromatic heterocycles. The second-order valence-electron chi connectivity index (χ2n) is 8.89. The maximum atomic E-state index is 14.7. The molecular weight excluding hydrogens is 465 g/mol. The number of hydrogen-bond donors (Lipinski definition) is 1. The summed E-state index contributed by atoms with van der Waals surface area (Å²) in [5.41, 5.74) is 3.98. The van der Waals surface area contributed by atoms with Crippen LogP contribution in [0.4, 0.5) is 15.8 Å². The number of halogens is 1. The minimum atomic E-state index is -4.12. The van der Waals surface area contributed by atoms with E-state index in [9.17, 15) is 17.6 Å². The van der Waals surface area contributed by atoms with Gasteiger partial charge in [-0.25, -0.2) is 12.8 Å². The summed E-state index contributed by atoms with van der Waals surface area (Å²) < 4.78 is 42.8. The summed E-state index contributed by atoms with van der Waals surface area (Å²) in [4.78, 5) is 14.4. The number of benzene rings is 3. The highest BCUT2D eigenvalue weighted by Crippen LogP contribution is 2.27. The summed E-state index contributed by atoms with van der Waals surface area (Å²) in [6.45, 7) is 6.93. The lowest BCUT2D eigenvalue weighted by Gasteiger charge is -2.40. The first-order chi connectivity index (χ1) is 16.7. The number of nitrogens with one attached hydrogen (secondary N) is 1. The second-order valence-corrected chi connectivity index (χ2v) is 10.8. The summed E-state index contributed by atoms with van der Waals surface area (Å²) >= 11 is 0. The van der Waals surface area contributed by atoms with Crippen molar-refractivity contribution in [2.75, 3.05) is 29.9 Å². The molecule has 1 heterocycles. The number of amides is 1. The monoisotopic (exact) mass is 495 g/mol. The SMILES string of the molecule is CCc1ccc(NC(=O)c2ccc(F)c(S(=O)(=O)N3CCN(c4ccc(C)cc4)[C@@H](C)C3)c2)cc1. The predicted octanol–water partition coefficient (Wildman–Crippen LogP) is 4.85. The molecule has 4 rings (SSSR count). The normalized spacial score (nSPS) is 16.8. The maximum absolute atomic E-state index is 14.7. The molecule has 0 saturated carbocycles. The largest absolute Gasteiger partial charge is 0.366 e. The van der Waals surface area contributed by atoms with E-state index in [-0.39, 0.29) is 24.7 Å². The molecule has 0 aliphatic carbocycles. The Bertz CT molecular complexity index is 1310. The number of carbonyl (C=O) groups excluding carboxylic acids is 1. The fourth-order valence-corrected chi connectivity index (χ4v) is 5.87. The number of anilines is 2. The van der Waals surface area contributed by atoms with Crippen molar-refractivity contribution in [3.05, 3.63) is 89.2 Å². The number of carbonyl (C=O) groups is 1. The van der Waals surface area contributed by atoms with E-state index in [1.54, 1.807) is 12.1 Å². The quantitative estimate of drug-likeness (QED) is 0.531. The number of aryl methyl sites for hydroxylation is 2. The molecule has 3 aromatic carbocycles. The topological polar surface area (TPSA) is 69.7 Å². The van der Waals surface area contributed by atoms with E-state index in [1.807, 2.05) is 57.2 Å². The summed E-state index contributed by atoms with van der Waals surface area (Å²) in [5.74, 6) is -1.37. The lowest BCUT2D eigenvalue weighted by Crippen LogP contribution is -2.53. The summed E-state index contributed by atoms with van der Waals surface area (Å²) in [6, 6.07) is 18.8. The van der Waals surface area contributed by atoms with Crippen LogP contribution in [0, 0.1) is 12.7 Å². The smallest absolute Gasteiger partial charge is 0.255 e. The van der Waals surface area contributed by atoms with Crippen LogP contribution in [0.3, 0.4) is 0 Å². The van der Waals surface area contributed by atoms with Crippen LogP contribution in [0.2, 0.25) is 0 Å². The van der Waals surface area contributed by atoms with Crippen molar-refractivity contribution in [3.8, 4) is 0 Å². The third kappa shape index (κ3) is 5.39. The number of hydrogen-bond acceptors (Lipinski definition) is 4. The molecular formula is C27H30FN3O3S. The maximum Gasteiger partial charge on any atom is 0.255 e. The zero-order chi connectivity index (χ0) is 25.2. The Labute approximate surface area is 206 Å². The van der Waals surface area contributed by atoms with Gasteiger partial charge in [-0.1, -0.05) is 36.8 Å². The first kappa shape index (κ1) is 24.9. The van der Waals surface area contributed by atoms with Gasteiger partial charge >= 0.3 is 0 Å². The van der Waals surface area contributed by atoms with E-state index in [0.29, 0.717) is 12.2 Å². The molecule has 1 atom stereocenters. The molecule has 1 fully saturated rings. The molecule has 1 saturated heterocycles. The molecule has 1 aliphatic rings. The predicted molar refractivity (Wildman–Crippen MR) is 137 cm³/mol. The van der Waals surface area contributed by atoms with Crippen LogP contribution >= 0.6 is 0 Å². The molecule has 8 heteroatoms. The highest BCUT2D eigenvalue weighted by molar-refractivity contribution is 7.89. The Morgan fingerprint density at radius 3 is 2.34 bits per heavy atom. The van der Waals surface area contributed by atoms with Gasteiger partial charge in [0.2, 0.25) is 10.0 Å². The lowest BCUT2D eigenvalue weighted by atomic mass is 10.1. The Morgan fingerprint density at radius 2 is 1.71 bits per heavy atom. The molecule has 6 nitrogen and oxygen atoms in total. The van der Waals surface area contributed by atoms with Crippen molar-refractivity contribution in [1.82, 2.24) is 4.31 Å². The average Bonchev–Trinajstić information content (AvgIpc) is 2.85. The number of rotatable bonds is 6. The Morgan fingerprint density at radius 1 is 1.03 bits per heavy atom. The summed E-state index contributed by atoms with van der Waals surface area (Å²) in [7, 11) is -4.12. The van der Waals surface area contributed by atoms with Gasteiger partial charge in [0.15, 0.2) is 0 Å². The minimum absolute atomic E-state index is 0.0795. The van der Waals surface area contributed by atoms with Gasteiger partial charge in [0.05, 0.1) is 0 Å². The number of nitrogens with zero attached hydrogens (tertiary/aromatic N) is 2. The molecule has 184 valence electrons. The fraction of sp³-hybridized carbons (Fsp3) is 0.296. The van der Waals surface area contributed by atoms with E-state index < -0.39 is 26.6 Å². The highest BCUT2D eigenvalue weighted by atomic mass is 32.2. The van der Waals surface area contributed by atoms with Gasteiger partial charge in [-0.15, -0.1) is 0 Å². The van der Waals surface area contributed by atoms with E-state index >= 15 is 0 Å². The third-order valence-corrected chi connectivity index (χ3v) is 8.27. The van der Waals surface area contributed by atoms with Crippen molar-refractivity contribution in [2.45, 2.75) is 38.1 Å². The van der Waals surface area contributed by atoms with Gasteiger partial charge < -0.3 is 10.2 Å². The molecule has 0 radical (unpaired) electrons. The summed E-state index contributed by atoms with van der Waals surface area (Å²) in [5, 5.41) is 2.75. The zero-order valence-electron chi connectivity index (χ0n) is 20.2. The Kier molecular flexibility index (Phi) is 7.23. The zero-order valence-corrected chi connectivity index (χ0v) is 21.0. The van der Waals surface area contributed by atoms with Crippen molar-refractivity contribution < 1.29 is 17.6 Å². The standard InChI is InChI=1S/C27H30FN3O3S/c1-4-21-7-10-23(11-8-21)29-27(32)22-9-14-25(28)26(17-22)35(33,34)30-15-16-31(20(3)18-30)24-12-5-19(2)6-13-24/h5-14,17,20H,4,15-16,18H2,1-3H3,(H,29,32)/t20-/m0/s1. The molecule has 0 bridgehead atoms. The second kappa shape index (κ2) is 10.2. The minimum Gasteiger partial charge on any atom is -0.366 e. The van der Waals surface area contributed by atoms with Crippen LogP contribution in [0.5, 0.6) is 0 Å². The van der Waals surface area contributed by atoms with Crippen LogP contribution in [-0.2, 0) is 16.4 Å². The molecule has 1 aliphatic heterocycles. The van der Waals surface area contributed by atoms with Gasteiger partial charge in [0.1, 0.15) is 10.7 Å². The van der Waals surface area contributed by atoms with Gasteiger partial charge in [-0.3, -0.25) is 4.79 Å². The molecule has 0 spiro atoms. The summed E-state index contributed by atoms with van der Waals surface area (Å²) in [6.07, 6.45) is 0.880. The van der Waals surface area contributed by atoms with Crippen LogP contribution in [0.25, 0.3) is 0 Å². The molecule has 35 heavy (non-hydrogen) atoms. The molecule has 0 unspecified atom stereocenters. The Hall–Kier alpha value is -3.23. The van der Waals surface area contributed by atoms with Crippen LogP contribution in [0.1, 0.15) is 35.3 Å². The van der Waals surface area contributed by atoms with Crippen LogP contribution in [0.15, 0.2) is 71.6 Å². The first-order valence-corrected chi connectivity index (χ1v) is 13.2. The van der Waals surface area contributed by atoms with Crippen molar-refractivity contribution >= 4 is 27.3 Å². The Balaban J connectivity index is 1.52. The molecule has 1 amide bonds. The molecule has 1 N–H and O–H groups in total. The molecule has 3 aromatic rings. The van der Waals surface area contributed by atoms with Gasteiger partial charge in [-0.2, -0.15) is 4.31 Å². The third-order valence-electron chi connectivity index (χ3n) is 6.39. The number of sulfonamides is 1. The number of piperazine rings is 1. The van der Waals surface area contributed by atoms with Crippen molar-refractivity contribution in [3.63, 3.8) is 0 Å². The first-order valence-electron chi connectivity index (χ1n) is 11.7. The van der Waals surface area contributed by atoms with Gasteiger partial charge in [0, 0.05) is 42.6 Å². The van der Waals surface area contributed by atoms with Gasteiger partial charge in [-0.05, 0) is 68.3 Å². The van der Waals surface area contributed by atoms with Crippen LogP contribution in [-0.4, -0.2) is 44.3 Å².